The van der Waals surface area contributed by atoms with Gasteiger partial charge in [-0.1, -0.05) is 56.7 Å². The molecule has 1 aliphatic carbocycles. The maximum atomic E-state index is 13.3. The molecule has 4 rings (SSSR count). The number of rotatable bonds is 11. The summed E-state index contributed by atoms with van der Waals surface area (Å²) in [6.45, 7) is 8.23. The molecule has 0 radical (unpaired) electrons. The Labute approximate surface area is 234 Å². The molecule has 1 aromatic carbocycles. The molecule has 1 saturated heterocycles. The van der Waals surface area contributed by atoms with E-state index in [0.29, 0.717) is 30.0 Å². The number of aromatic nitrogens is 2. The summed E-state index contributed by atoms with van der Waals surface area (Å²) in [6.07, 6.45) is 3.56. The van der Waals surface area contributed by atoms with Crippen molar-refractivity contribution in [2.75, 3.05) is 38.6 Å². The van der Waals surface area contributed by atoms with E-state index in [4.69, 9.17) is 9.15 Å². The van der Waals surface area contributed by atoms with E-state index in [-0.39, 0.29) is 29.7 Å². The van der Waals surface area contributed by atoms with Gasteiger partial charge in [0.1, 0.15) is 5.92 Å². The van der Waals surface area contributed by atoms with Gasteiger partial charge >= 0.3 is 0 Å². The minimum atomic E-state index is -0.726. The lowest BCUT2D eigenvalue weighted by molar-refractivity contribution is -0.135. The molecule has 39 heavy (non-hydrogen) atoms. The van der Waals surface area contributed by atoms with Gasteiger partial charge in [0.15, 0.2) is 0 Å². The zero-order valence-corrected chi connectivity index (χ0v) is 23.6. The summed E-state index contributed by atoms with van der Waals surface area (Å²) in [5.41, 5.74) is 0.547. The molecule has 2 N–H and O–H groups in total. The predicted molar refractivity (Wildman–Crippen MR) is 147 cm³/mol. The second kappa shape index (κ2) is 14.6. The van der Waals surface area contributed by atoms with Gasteiger partial charge in [0, 0.05) is 37.0 Å². The van der Waals surface area contributed by atoms with E-state index < -0.39 is 17.7 Å². The molecule has 2 aromatic rings. The molecular formula is C28H39N5O5S. The minimum absolute atomic E-state index is 0.174. The highest BCUT2D eigenvalue weighted by molar-refractivity contribution is 7.99. The van der Waals surface area contributed by atoms with Gasteiger partial charge in [-0.15, -0.1) is 10.2 Å². The maximum absolute atomic E-state index is 13.3. The molecule has 2 heterocycles. The van der Waals surface area contributed by atoms with E-state index in [1.165, 1.54) is 11.8 Å². The number of amides is 3. The first-order valence-corrected chi connectivity index (χ1v) is 14.9. The molecule has 2 aliphatic rings. The van der Waals surface area contributed by atoms with Gasteiger partial charge in [-0.25, -0.2) is 0 Å². The molecule has 2 fully saturated rings. The van der Waals surface area contributed by atoms with Crippen molar-refractivity contribution in [3.8, 4) is 0 Å². The number of hydrogen-bond donors (Lipinski definition) is 2. The van der Waals surface area contributed by atoms with Crippen LogP contribution in [0.4, 0.5) is 0 Å². The van der Waals surface area contributed by atoms with E-state index >= 15 is 0 Å². The topological polar surface area (TPSA) is 127 Å². The smallest absolute Gasteiger partial charge is 0.276 e. The Kier molecular flexibility index (Phi) is 10.9. The first kappa shape index (κ1) is 29.2. The number of carbonyl (C=O) groups excluding carboxylic acids is 3. The van der Waals surface area contributed by atoms with Crippen LogP contribution >= 0.6 is 11.8 Å². The van der Waals surface area contributed by atoms with Gasteiger partial charge in [0.2, 0.25) is 17.7 Å². The third-order valence-corrected chi connectivity index (χ3v) is 7.98. The standard InChI is InChI=1S/C28H39N5O5S/c1-19(2)18-22(27-31-32-28(38-27)39-17-14-33-12-15-37-16-13-33)26(36)30-25(35)21-10-6-7-11-23(21)29-24(34)20-8-4-3-5-9-20/h3-5,8-9,19,21-23H,6-7,10-18H2,1-2H3,(H,29,34)(H,30,35,36)/t21-,22-,23+/m1/s1. The van der Waals surface area contributed by atoms with Gasteiger partial charge in [-0.2, -0.15) is 0 Å². The van der Waals surface area contributed by atoms with Crippen LogP contribution in [0.5, 0.6) is 0 Å². The van der Waals surface area contributed by atoms with Crippen LogP contribution in [0.25, 0.3) is 0 Å². The van der Waals surface area contributed by atoms with E-state index in [1.807, 2.05) is 19.9 Å². The third-order valence-electron chi connectivity index (χ3n) is 7.18. The van der Waals surface area contributed by atoms with E-state index in [9.17, 15) is 14.4 Å². The van der Waals surface area contributed by atoms with Gasteiger partial charge in [0.25, 0.3) is 11.1 Å². The number of morpholine rings is 1. The highest BCUT2D eigenvalue weighted by atomic mass is 32.2. The Morgan fingerprint density at radius 2 is 1.82 bits per heavy atom. The van der Waals surface area contributed by atoms with Crippen LogP contribution in [0.1, 0.15) is 68.1 Å². The highest BCUT2D eigenvalue weighted by Crippen LogP contribution is 2.28. The summed E-state index contributed by atoms with van der Waals surface area (Å²) in [5, 5.41) is 14.3. The Morgan fingerprint density at radius 1 is 1.08 bits per heavy atom. The number of imide groups is 1. The number of hydrogen-bond acceptors (Lipinski definition) is 9. The van der Waals surface area contributed by atoms with Crippen molar-refractivity contribution < 1.29 is 23.5 Å². The van der Waals surface area contributed by atoms with Gasteiger partial charge in [0.05, 0.1) is 19.1 Å². The van der Waals surface area contributed by atoms with Crippen molar-refractivity contribution >= 4 is 29.5 Å². The zero-order valence-electron chi connectivity index (χ0n) is 22.8. The number of nitrogens with one attached hydrogen (secondary N) is 2. The van der Waals surface area contributed by atoms with Crippen molar-refractivity contribution in [2.24, 2.45) is 11.8 Å². The molecule has 212 valence electrons. The van der Waals surface area contributed by atoms with Gasteiger partial charge in [-0.3, -0.25) is 24.6 Å². The molecule has 10 nitrogen and oxygen atoms in total. The summed E-state index contributed by atoms with van der Waals surface area (Å²) < 4.78 is 11.3. The van der Waals surface area contributed by atoms with Gasteiger partial charge < -0.3 is 14.5 Å². The van der Waals surface area contributed by atoms with Gasteiger partial charge in [-0.05, 0) is 37.3 Å². The van der Waals surface area contributed by atoms with E-state index in [1.54, 1.807) is 24.3 Å². The summed E-state index contributed by atoms with van der Waals surface area (Å²) in [7, 11) is 0. The highest BCUT2D eigenvalue weighted by Gasteiger charge is 2.35. The average molecular weight is 558 g/mol. The molecule has 3 atom stereocenters. The van der Waals surface area contributed by atoms with Crippen LogP contribution in [-0.2, 0) is 14.3 Å². The number of thioether (sulfide) groups is 1. The molecule has 11 heteroatoms. The van der Waals surface area contributed by atoms with Crippen LogP contribution in [0.15, 0.2) is 40.0 Å². The van der Waals surface area contributed by atoms with Crippen molar-refractivity contribution in [1.29, 1.82) is 0 Å². The Bertz CT molecular complexity index is 1090. The molecule has 1 aromatic heterocycles. The lowest BCUT2D eigenvalue weighted by atomic mass is 9.83. The fraction of sp³-hybridized carbons (Fsp3) is 0.607. The van der Waals surface area contributed by atoms with Crippen LogP contribution in [0.2, 0.25) is 0 Å². The van der Waals surface area contributed by atoms with Crippen molar-refractivity contribution in [2.45, 2.75) is 63.1 Å². The summed E-state index contributed by atoms with van der Waals surface area (Å²) in [6, 6.07) is 8.61. The van der Waals surface area contributed by atoms with Crippen molar-refractivity contribution in [3.63, 3.8) is 0 Å². The fourth-order valence-corrected chi connectivity index (χ4v) is 5.82. The predicted octanol–water partition coefficient (Wildman–Crippen LogP) is 3.26. The van der Waals surface area contributed by atoms with Crippen LogP contribution in [0, 0.1) is 11.8 Å². The Morgan fingerprint density at radius 3 is 2.56 bits per heavy atom. The van der Waals surface area contributed by atoms with E-state index in [2.05, 4.69) is 25.7 Å². The Balaban J connectivity index is 1.35. The SMILES string of the molecule is CC(C)C[C@H](C(=O)NC(=O)[C@@H]1CCCC[C@@H]1NC(=O)c1ccccc1)c1nnc(SCCN2CCOCC2)o1. The van der Waals surface area contributed by atoms with Crippen molar-refractivity contribution in [3.05, 3.63) is 41.8 Å². The lowest BCUT2D eigenvalue weighted by Gasteiger charge is -2.31. The van der Waals surface area contributed by atoms with Crippen molar-refractivity contribution in [1.82, 2.24) is 25.7 Å². The molecule has 1 aliphatic heterocycles. The number of benzene rings is 1. The van der Waals surface area contributed by atoms with Crippen LogP contribution < -0.4 is 10.6 Å². The number of carbonyl (C=O) groups is 3. The normalized spacial score (nSPS) is 20.9. The second-order valence-electron chi connectivity index (χ2n) is 10.6. The maximum Gasteiger partial charge on any atom is 0.276 e. The number of nitrogens with zero attached hydrogens (tertiary/aromatic N) is 3. The Hall–Kier alpha value is -2.76. The van der Waals surface area contributed by atoms with Crippen LogP contribution in [0.3, 0.4) is 0 Å². The van der Waals surface area contributed by atoms with Crippen LogP contribution in [-0.4, -0.2) is 77.5 Å². The molecule has 0 bridgehead atoms. The average Bonchev–Trinajstić information content (AvgIpc) is 3.41. The first-order valence-electron chi connectivity index (χ1n) is 13.9. The molecule has 0 unspecified atom stereocenters. The minimum Gasteiger partial charge on any atom is -0.415 e. The monoisotopic (exact) mass is 557 g/mol. The fourth-order valence-electron chi connectivity index (χ4n) is 5.06. The lowest BCUT2D eigenvalue weighted by Crippen LogP contribution is -2.50. The largest absolute Gasteiger partial charge is 0.415 e. The zero-order chi connectivity index (χ0) is 27.6. The molecule has 0 spiro atoms. The summed E-state index contributed by atoms with van der Waals surface area (Å²) >= 11 is 1.46. The first-order chi connectivity index (χ1) is 18.9. The van der Waals surface area contributed by atoms with E-state index in [0.717, 1.165) is 51.4 Å². The quantitative estimate of drug-likeness (QED) is 0.400. The second-order valence-corrected chi connectivity index (χ2v) is 11.6. The summed E-state index contributed by atoms with van der Waals surface area (Å²) in [5.74, 6) is -1.05. The molecule has 1 saturated carbocycles. The third kappa shape index (κ3) is 8.61. The molecule has 3 amide bonds. The summed E-state index contributed by atoms with van der Waals surface area (Å²) in [4.78, 5) is 41.7. The number of ether oxygens (including phenoxy) is 1. The molecular weight excluding hydrogens is 518 g/mol.